The fraction of sp³-hybridized carbons (Fsp3) is 0.211. The van der Waals surface area contributed by atoms with Crippen LogP contribution < -0.4 is 4.80 Å². The van der Waals surface area contributed by atoms with E-state index in [9.17, 15) is 9.59 Å². The number of para-hydroxylation sites is 1. The van der Waals surface area contributed by atoms with Crippen LogP contribution in [-0.4, -0.2) is 23.1 Å². The van der Waals surface area contributed by atoms with Crippen molar-refractivity contribution >= 4 is 45.0 Å². The van der Waals surface area contributed by atoms with Crippen LogP contribution in [0.5, 0.6) is 0 Å². The standard InChI is InChI=1S/C19H17ClN2O3S/c1-3-25-16(23)11-22-17-14(20)8-5-9-15(17)26-19(22)21-18(24)13-7-4-6-12(2)10-13/h4-10H,3,11H2,1-2H3. The maximum absolute atomic E-state index is 12.6. The Morgan fingerprint density at radius 2 is 2.00 bits per heavy atom. The molecule has 0 N–H and O–H groups in total. The van der Waals surface area contributed by atoms with Crippen LogP contribution >= 0.6 is 22.9 Å². The van der Waals surface area contributed by atoms with Crippen LogP contribution in [0.2, 0.25) is 5.02 Å². The van der Waals surface area contributed by atoms with Crippen LogP contribution in [0.3, 0.4) is 0 Å². The number of hydrogen-bond acceptors (Lipinski definition) is 4. The lowest BCUT2D eigenvalue weighted by Gasteiger charge is -2.06. The van der Waals surface area contributed by atoms with Gasteiger partial charge < -0.3 is 9.30 Å². The van der Waals surface area contributed by atoms with E-state index in [1.165, 1.54) is 11.3 Å². The van der Waals surface area contributed by atoms with Crippen LogP contribution in [0, 0.1) is 6.92 Å². The van der Waals surface area contributed by atoms with Crippen molar-refractivity contribution in [1.29, 1.82) is 0 Å². The molecule has 134 valence electrons. The molecule has 2 aromatic carbocycles. The fourth-order valence-corrected chi connectivity index (χ4v) is 3.97. The van der Waals surface area contributed by atoms with Crippen molar-refractivity contribution in [2.75, 3.05) is 6.61 Å². The quantitative estimate of drug-likeness (QED) is 0.635. The number of amides is 1. The lowest BCUT2D eigenvalue weighted by molar-refractivity contribution is -0.143. The topological polar surface area (TPSA) is 60.7 Å². The number of thiazole rings is 1. The minimum atomic E-state index is -0.406. The third-order valence-electron chi connectivity index (χ3n) is 3.71. The van der Waals surface area contributed by atoms with Gasteiger partial charge in [0.15, 0.2) is 4.80 Å². The number of carbonyl (C=O) groups is 2. The van der Waals surface area contributed by atoms with E-state index >= 15 is 0 Å². The first-order valence-electron chi connectivity index (χ1n) is 8.08. The Kier molecular flexibility index (Phi) is 5.54. The Bertz CT molecular complexity index is 1050. The van der Waals surface area contributed by atoms with Gasteiger partial charge in [-0.15, -0.1) is 0 Å². The normalized spacial score (nSPS) is 11.7. The molecule has 5 nitrogen and oxygen atoms in total. The number of hydrogen-bond donors (Lipinski definition) is 0. The Hall–Kier alpha value is -2.44. The van der Waals surface area contributed by atoms with Crippen molar-refractivity contribution in [1.82, 2.24) is 4.57 Å². The van der Waals surface area contributed by atoms with E-state index in [0.717, 1.165) is 10.3 Å². The van der Waals surface area contributed by atoms with Gasteiger partial charge in [0.1, 0.15) is 6.54 Å². The monoisotopic (exact) mass is 388 g/mol. The highest BCUT2D eigenvalue weighted by atomic mass is 35.5. The second kappa shape index (κ2) is 7.85. The number of aromatic nitrogens is 1. The van der Waals surface area contributed by atoms with Gasteiger partial charge in [0.2, 0.25) is 0 Å². The van der Waals surface area contributed by atoms with E-state index in [0.29, 0.717) is 20.9 Å². The van der Waals surface area contributed by atoms with Crippen LogP contribution in [0.25, 0.3) is 10.2 Å². The first kappa shape index (κ1) is 18.4. The summed E-state index contributed by atoms with van der Waals surface area (Å²) in [6.45, 7) is 3.88. The van der Waals surface area contributed by atoms with Crippen molar-refractivity contribution in [2.45, 2.75) is 20.4 Å². The number of halogens is 1. The molecule has 0 saturated heterocycles. The van der Waals surface area contributed by atoms with Crippen molar-refractivity contribution in [2.24, 2.45) is 4.99 Å². The summed E-state index contributed by atoms with van der Waals surface area (Å²) < 4.78 is 7.52. The van der Waals surface area contributed by atoms with Gasteiger partial charge in [-0.1, -0.05) is 46.7 Å². The first-order valence-corrected chi connectivity index (χ1v) is 9.28. The van der Waals surface area contributed by atoms with E-state index in [2.05, 4.69) is 4.99 Å². The molecule has 0 saturated carbocycles. The lowest BCUT2D eigenvalue weighted by atomic mass is 10.1. The van der Waals surface area contributed by atoms with E-state index in [1.807, 2.05) is 31.2 Å². The number of nitrogens with zero attached hydrogens (tertiary/aromatic N) is 2. The first-order chi connectivity index (χ1) is 12.5. The Labute approximate surface area is 159 Å². The van der Waals surface area contributed by atoms with Crippen molar-refractivity contribution < 1.29 is 14.3 Å². The maximum Gasteiger partial charge on any atom is 0.326 e. The van der Waals surface area contributed by atoms with Gasteiger partial charge in [-0.25, -0.2) is 0 Å². The molecule has 0 atom stereocenters. The molecule has 0 spiro atoms. The lowest BCUT2D eigenvalue weighted by Crippen LogP contribution is -2.23. The van der Waals surface area contributed by atoms with Crippen LogP contribution in [0.15, 0.2) is 47.5 Å². The predicted octanol–water partition coefficient (Wildman–Crippen LogP) is 3.97. The molecule has 1 heterocycles. The molecule has 0 fully saturated rings. The summed E-state index contributed by atoms with van der Waals surface area (Å²) in [5, 5.41) is 0.493. The molecule has 26 heavy (non-hydrogen) atoms. The van der Waals surface area contributed by atoms with E-state index in [-0.39, 0.29) is 19.1 Å². The van der Waals surface area contributed by atoms with Crippen molar-refractivity contribution in [3.05, 3.63) is 63.4 Å². The number of esters is 1. The van der Waals surface area contributed by atoms with Gasteiger partial charge in [-0.3, -0.25) is 9.59 Å². The molecule has 1 amide bonds. The zero-order valence-electron chi connectivity index (χ0n) is 14.4. The summed E-state index contributed by atoms with van der Waals surface area (Å²) >= 11 is 7.63. The van der Waals surface area contributed by atoms with Crippen molar-refractivity contribution in [3.8, 4) is 0 Å². The zero-order valence-corrected chi connectivity index (χ0v) is 15.9. The van der Waals surface area contributed by atoms with Crippen LogP contribution in [-0.2, 0) is 16.1 Å². The molecule has 7 heteroatoms. The Balaban J connectivity index is 2.13. The minimum absolute atomic E-state index is 0.0580. The summed E-state index contributed by atoms with van der Waals surface area (Å²) in [5.41, 5.74) is 2.14. The second-order valence-corrected chi connectivity index (χ2v) is 7.07. The molecule has 0 radical (unpaired) electrons. The maximum atomic E-state index is 12.6. The average molecular weight is 389 g/mol. The minimum Gasteiger partial charge on any atom is -0.465 e. The molecule has 0 unspecified atom stereocenters. The summed E-state index contributed by atoms with van der Waals surface area (Å²) in [7, 11) is 0. The molecule has 0 bridgehead atoms. The Morgan fingerprint density at radius 3 is 2.73 bits per heavy atom. The highest BCUT2D eigenvalue weighted by molar-refractivity contribution is 7.16. The van der Waals surface area contributed by atoms with Gasteiger partial charge in [-0.05, 0) is 38.1 Å². The molecule has 0 aliphatic carbocycles. The highest BCUT2D eigenvalue weighted by Gasteiger charge is 2.15. The third kappa shape index (κ3) is 3.86. The summed E-state index contributed by atoms with van der Waals surface area (Å²) in [6.07, 6.45) is 0. The van der Waals surface area contributed by atoms with Gasteiger partial charge in [0.05, 0.1) is 21.8 Å². The summed E-state index contributed by atoms with van der Waals surface area (Å²) in [5.74, 6) is -0.773. The number of rotatable bonds is 4. The molecule has 0 aliphatic rings. The van der Waals surface area contributed by atoms with Gasteiger partial charge in [-0.2, -0.15) is 4.99 Å². The van der Waals surface area contributed by atoms with E-state index < -0.39 is 5.97 Å². The van der Waals surface area contributed by atoms with Gasteiger partial charge >= 0.3 is 5.97 Å². The SMILES string of the molecule is CCOC(=O)Cn1c(=NC(=O)c2cccc(C)c2)sc2cccc(Cl)c21. The fourth-order valence-electron chi connectivity index (χ4n) is 2.58. The van der Waals surface area contributed by atoms with Crippen LogP contribution in [0.1, 0.15) is 22.8 Å². The second-order valence-electron chi connectivity index (χ2n) is 5.65. The molecule has 0 aliphatic heterocycles. The smallest absolute Gasteiger partial charge is 0.326 e. The molecular weight excluding hydrogens is 372 g/mol. The predicted molar refractivity (Wildman–Crippen MR) is 103 cm³/mol. The Morgan fingerprint density at radius 1 is 1.23 bits per heavy atom. The number of benzene rings is 2. The van der Waals surface area contributed by atoms with Crippen molar-refractivity contribution in [3.63, 3.8) is 0 Å². The van der Waals surface area contributed by atoms with Gasteiger partial charge in [0.25, 0.3) is 5.91 Å². The number of ether oxygens (including phenoxy) is 1. The number of aryl methyl sites for hydroxylation is 1. The molecular formula is C19H17ClN2O3S. The average Bonchev–Trinajstić information content (AvgIpc) is 2.93. The third-order valence-corrected chi connectivity index (χ3v) is 5.06. The molecule has 3 rings (SSSR count). The zero-order chi connectivity index (χ0) is 18.7. The van der Waals surface area contributed by atoms with Crippen LogP contribution in [0.4, 0.5) is 0 Å². The number of carbonyl (C=O) groups excluding carboxylic acids is 2. The van der Waals surface area contributed by atoms with E-state index in [1.54, 1.807) is 29.7 Å². The largest absolute Gasteiger partial charge is 0.465 e. The highest BCUT2D eigenvalue weighted by Crippen LogP contribution is 2.25. The summed E-state index contributed by atoms with van der Waals surface area (Å²) in [6, 6.07) is 12.7. The molecule has 3 aromatic rings. The summed E-state index contributed by atoms with van der Waals surface area (Å²) in [4.78, 5) is 29.2. The number of fused-ring (bicyclic) bond motifs is 1. The van der Waals surface area contributed by atoms with Gasteiger partial charge in [0, 0.05) is 5.56 Å². The molecule has 1 aromatic heterocycles. The van der Waals surface area contributed by atoms with E-state index in [4.69, 9.17) is 16.3 Å².